The van der Waals surface area contributed by atoms with Crippen LogP contribution in [0.3, 0.4) is 0 Å². The van der Waals surface area contributed by atoms with Crippen LogP contribution in [0.2, 0.25) is 0 Å². The summed E-state index contributed by atoms with van der Waals surface area (Å²) >= 11 is 0. The van der Waals surface area contributed by atoms with E-state index in [1.54, 1.807) is 24.3 Å². The van der Waals surface area contributed by atoms with Gasteiger partial charge in [-0.05, 0) is 11.1 Å². The molecule has 1 aromatic carbocycles. The van der Waals surface area contributed by atoms with Crippen molar-refractivity contribution >= 4 is 23.9 Å². The van der Waals surface area contributed by atoms with Crippen molar-refractivity contribution in [2.45, 2.75) is 13.1 Å². The number of hydrogen-bond acceptors (Lipinski definition) is 8. The first-order chi connectivity index (χ1) is 14.2. The van der Waals surface area contributed by atoms with Crippen molar-refractivity contribution in [1.82, 2.24) is 30.0 Å². The van der Waals surface area contributed by atoms with Gasteiger partial charge < -0.3 is 20.4 Å². The number of rotatable bonds is 8. The van der Waals surface area contributed by atoms with Gasteiger partial charge in [-0.3, -0.25) is 0 Å². The molecule has 0 aliphatic heterocycles. The maximum atomic E-state index is 11.4. The Bertz CT molecular complexity index is 1090. The van der Waals surface area contributed by atoms with E-state index in [9.17, 15) is 29.4 Å². The molecule has 0 bridgehead atoms. The molecule has 0 unspecified atom stereocenters. The van der Waals surface area contributed by atoms with E-state index in [1.807, 2.05) is 0 Å². The lowest BCUT2D eigenvalue weighted by atomic mass is 10.1. The second-order valence-electron chi connectivity index (χ2n) is 5.93. The van der Waals surface area contributed by atoms with E-state index in [1.165, 1.54) is 0 Å². The van der Waals surface area contributed by atoms with Crippen LogP contribution in [0.4, 0.5) is 0 Å². The van der Waals surface area contributed by atoms with Gasteiger partial charge in [-0.2, -0.15) is 0 Å². The minimum Gasteiger partial charge on any atom is -0.476 e. The lowest BCUT2D eigenvalue weighted by Crippen LogP contribution is -2.15. The minimum atomic E-state index is -1.53. The molecule has 30 heavy (non-hydrogen) atoms. The molecule has 2 heterocycles. The van der Waals surface area contributed by atoms with Crippen molar-refractivity contribution in [3.63, 3.8) is 0 Å². The van der Waals surface area contributed by atoms with Crippen LogP contribution in [0.15, 0.2) is 24.3 Å². The number of carboxylic acids is 4. The molecule has 4 N–H and O–H groups in total. The molecule has 2 aromatic heterocycles. The normalized spacial score (nSPS) is 10.7. The van der Waals surface area contributed by atoms with Gasteiger partial charge in [0.1, 0.15) is 0 Å². The van der Waals surface area contributed by atoms with Gasteiger partial charge in [0.05, 0.1) is 13.1 Å². The fourth-order valence-corrected chi connectivity index (χ4v) is 2.73. The Morgan fingerprint density at radius 2 is 1.10 bits per heavy atom. The van der Waals surface area contributed by atoms with Crippen molar-refractivity contribution in [2.24, 2.45) is 0 Å². The first kappa shape index (κ1) is 20.1. The molecule has 154 valence electrons. The predicted octanol–water partition coefficient (Wildman–Crippen LogP) is -0.241. The molecule has 0 fully saturated rings. The number of benzene rings is 1. The second-order valence-corrected chi connectivity index (χ2v) is 5.93. The Kier molecular flexibility index (Phi) is 5.22. The van der Waals surface area contributed by atoms with Crippen molar-refractivity contribution in [1.29, 1.82) is 0 Å². The minimum absolute atomic E-state index is 0.126. The third kappa shape index (κ3) is 3.82. The Morgan fingerprint density at radius 1 is 0.700 bits per heavy atom. The van der Waals surface area contributed by atoms with Crippen molar-refractivity contribution in [2.75, 3.05) is 0 Å². The van der Waals surface area contributed by atoms with E-state index in [-0.39, 0.29) is 13.1 Å². The lowest BCUT2D eigenvalue weighted by Gasteiger charge is -2.08. The second kappa shape index (κ2) is 7.78. The summed E-state index contributed by atoms with van der Waals surface area (Å²) < 4.78 is 1.82. The highest BCUT2D eigenvalue weighted by Gasteiger charge is 2.26. The number of aromatic carboxylic acids is 4. The summed E-state index contributed by atoms with van der Waals surface area (Å²) in [6, 6.07) is 6.38. The quantitative estimate of drug-likeness (QED) is 0.375. The zero-order valence-electron chi connectivity index (χ0n) is 14.8. The molecule has 0 amide bonds. The molecule has 14 nitrogen and oxygen atoms in total. The smallest absolute Gasteiger partial charge is 0.359 e. The molecule has 3 aromatic rings. The summed E-state index contributed by atoms with van der Waals surface area (Å²) in [7, 11) is 0. The Labute approximate surface area is 165 Å². The lowest BCUT2D eigenvalue weighted by molar-refractivity contribution is 0.0640. The van der Waals surface area contributed by atoms with Gasteiger partial charge in [-0.15, -0.1) is 10.2 Å². The third-order valence-corrected chi connectivity index (χ3v) is 3.94. The topological polar surface area (TPSA) is 211 Å². The van der Waals surface area contributed by atoms with Crippen LogP contribution in [0.25, 0.3) is 0 Å². The van der Waals surface area contributed by atoms with Crippen LogP contribution < -0.4 is 0 Å². The summed E-state index contributed by atoms with van der Waals surface area (Å²) in [5.41, 5.74) is -1.58. The summed E-state index contributed by atoms with van der Waals surface area (Å²) in [6.07, 6.45) is 0. The van der Waals surface area contributed by atoms with Gasteiger partial charge in [0.2, 0.25) is 11.4 Å². The van der Waals surface area contributed by atoms with Crippen LogP contribution >= 0.6 is 0 Å². The summed E-state index contributed by atoms with van der Waals surface area (Å²) in [5, 5.41) is 50.4. The van der Waals surface area contributed by atoms with Crippen LogP contribution in [-0.4, -0.2) is 74.3 Å². The number of carboxylic acid groups (broad SMARTS) is 4. The van der Waals surface area contributed by atoms with Gasteiger partial charge in [0, 0.05) is 0 Å². The van der Waals surface area contributed by atoms with E-state index in [0.29, 0.717) is 11.1 Å². The number of aromatic nitrogens is 6. The zero-order chi connectivity index (χ0) is 22.0. The van der Waals surface area contributed by atoms with Crippen LogP contribution in [-0.2, 0) is 13.1 Å². The highest BCUT2D eigenvalue weighted by Crippen LogP contribution is 2.14. The van der Waals surface area contributed by atoms with Gasteiger partial charge in [0.15, 0.2) is 11.4 Å². The van der Waals surface area contributed by atoms with Gasteiger partial charge in [0.25, 0.3) is 0 Å². The van der Waals surface area contributed by atoms with E-state index in [4.69, 9.17) is 10.2 Å². The fraction of sp³-hybridized carbons (Fsp3) is 0.125. The Hall–Kier alpha value is -4.62. The van der Waals surface area contributed by atoms with E-state index in [0.717, 1.165) is 9.36 Å². The van der Waals surface area contributed by atoms with Crippen LogP contribution in [0.1, 0.15) is 53.1 Å². The maximum Gasteiger partial charge on any atom is 0.359 e. The molecule has 0 saturated carbocycles. The van der Waals surface area contributed by atoms with E-state index in [2.05, 4.69) is 20.6 Å². The molecule has 0 atom stereocenters. The van der Waals surface area contributed by atoms with E-state index >= 15 is 0 Å². The van der Waals surface area contributed by atoms with Gasteiger partial charge >= 0.3 is 23.9 Å². The molecule has 0 aliphatic carbocycles. The molecule has 0 saturated heterocycles. The number of carbonyl (C=O) groups is 4. The predicted molar refractivity (Wildman–Crippen MR) is 92.5 cm³/mol. The van der Waals surface area contributed by atoms with Crippen molar-refractivity contribution in [3.8, 4) is 0 Å². The van der Waals surface area contributed by atoms with Gasteiger partial charge in [-0.1, -0.05) is 34.7 Å². The highest BCUT2D eigenvalue weighted by atomic mass is 16.4. The third-order valence-electron chi connectivity index (χ3n) is 3.94. The number of hydrogen-bond donors (Lipinski definition) is 4. The Morgan fingerprint density at radius 3 is 1.43 bits per heavy atom. The summed E-state index contributed by atoms with van der Waals surface area (Å²) in [4.78, 5) is 45.0. The summed E-state index contributed by atoms with van der Waals surface area (Å²) in [5.74, 6) is -6.09. The van der Waals surface area contributed by atoms with Crippen molar-refractivity contribution in [3.05, 3.63) is 58.2 Å². The largest absolute Gasteiger partial charge is 0.476 e. The van der Waals surface area contributed by atoms with Gasteiger partial charge in [-0.25, -0.2) is 28.5 Å². The highest BCUT2D eigenvalue weighted by molar-refractivity contribution is 5.99. The first-order valence-electron chi connectivity index (χ1n) is 8.07. The van der Waals surface area contributed by atoms with Crippen LogP contribution in [0, 0.1) is 0 Å². The molecular weight excluding hydrogens is 404 g/mol. The molecule has 0 radical (unpaired) electrons. The van der Waals surface area contributed by atoms with Crippen molar-refractivity contribution < 1.29 is 39.6 Å². The molecule has 0 aliphatic rings. The number of nitrogens with zero attached hydrogens (tertiary/aromatic N) is 6. The molecular formula is C16H12N6O8. The van der Waals surface area contributed by atoms with Crippen LogP contribution in [0.5, 0.6) is 0 Å². The van der Waals surface area contributed by atoms with E-state index < -0.39 is 46.7 Å². The average molecular weight is 416 g/mol. The molecule has 0 spiro atoms. The summed E-state index contributed by atoms with van der Waals surface area (Å²) in [6.45, 7) is -0.251. The maximum absolute atomic E-state index is 11.4. The standard InChI is InChI=1S/C16H12N6O8/c23-13(24)9-11(15(27)28)21(19-17-9)5-7-2-1-3-8(4-7)6-22-12(16(29)30)10(14(25)26)18-20-22/h1-4H,5-6H2,(H,23,24)(H,25,26)(H,27,28)(H,29,30). The SMILES string of the molecule is O=C(O)c1nnn(Cc2cccc(Cn3nnc(C(=O)O)c3C(=O)O)c2)c1C(=O)O. The monoisotopic (exact) mass is 416 g/mol. The fourth-order valence-electron chi connectivity index (χ4n) is 2.73. The first-order valence-corrected chi connectivity index (χ1v) is 8.07. The Balaban J connectivity index is 1.90. The molecule has 3 rings (SSSR count). The molecule has 14 heteroatoms. The average Bonchev–Trinajstić information content (AvgIpc) is 3.26. The zero-order valence-corrected chi connectivity index (χ0v) is 14.8.